The van der Waals surface area contributed by atoms with E-state index in [0.717, 1.165) is 5.56 Å². The first kappa shape index (κ1) is 17.0. The summed E-state index contributed by atoms with van der Waals surface area (Å²) < 4.78 is 19.2. The normalized spacial score (nSPS) is 16.8. The molecule has 1 aliphatic heterocycles. The average molecular weight is 342 g/mol. The van der Waals surface area contributed by atoms with Crippen LogP contribution in [0.15, 0.2) is 42.5 Å². The number of ether oxygens (including phenoxy) is 1. The quantitative estimate of drug-likeness (QED) is 0.929. The Bertz CT molecular complexity index is 822. The fraction of sp³-hybridized carbons (Fsp3) is 0.263. The minimum atomic E-state index is -0.544. The fourth-order valence-electron chi connectivity index (χ4n) is 2.94. The van der Waals surface area contributed by atoms with Crippen molar-refractivity contribution in [2.75, 3.05) is 23.9 Å². The van der Waals surface area contributed by atoms with Crippen LogP contribution in [0.3, 0.4) is 0 Å². The van der Waals surface area contributed by atoms with Crippen LogP contribution in [0, 0.1) is 18.7 Å². The molecule has 0 bridgehead atoms. The van der Waals surface area contributed by atoms with E-state index >= 15 is 0 Å². The van der Waals surface area contributed by atoms with Crippen LogP contribution >= 0.6 is 0 Å². The van der Waals surface area contributed by atoms with Gasteiger partial charge in [0, 0.05) is 13.0 Å². The molecular weight excluding hydrogens is 323 g/mol. The van der Waals surface area contributed by atoms with Crippen molar-refractivity contribution in [1.82, 2.24) is 0 Å². The molecule has 3 rings (SSSR count). The Morgan fingerprint density at radius 1 is 1.28 bits per heavy atom. The molecule has 2 amide bonds. The summed E-state index contributed by atoms with van der Waals surface area (Å²) in [5.41, 5.74) is 1.74. The molecule has 1 saturated heterocycles. The molecule has 2 aromatic carbocycles. The van der Waals surface area contributed by atoms with Crippen molar-refractivity contribution in [2.45, 2.75) is 13.3 Å². The van der Waals surface area contributed by atoms with Gasteiger partial charge in [-0.1, -0.05) is 18.2 Å². The number of methoxy groups -OCH3 is 1. The highest BCUT2D eigenvalue weighted by Crippen LogP contribution is 2.30. The van der Waals surface area contributed by atoms with Crippen molar-refractivity contribution in [3.8, 4) is 5.75 Å². The van der Waals surface area contributed by atoms with Crippen molar-refractivity contribution in [3.05, 3.63) is 53.8 Å². The van der Waals surface area contributed by atoms with Gasteiger partial charge in [0.05, 0.1) is 24.4 Å². The number of rotatable bonds is 4. The van der Waals surface area contributed by atoms with Gasteiger partial charge in [-0.05, 0) is 36.8 Å². The monoisotopic (exact) mass is 342 g/mol. The third-order valence-corrected chi connectivity index (χ3v) is 4.25. The predicted octanol–water partition coefficient (Wildman–Crippen LogP) is 3.13. The van der Waals surface area contributed by atoms with Crippen LogP contribution in [0.25, 0.3) is 0 Å². The molecule has 1 aliphatic rings. The van der Waals surface area contributed by atoms with E-state index in [0.29, 0.717) is 11.4 Å². The molecule has 5 nitrogen and oxygen atoms in total. The second-order valence-corrected chi connectivity index (χ2v) is 6.05. The van der Waals surface area contributed by atoms with Gasteiger partial charge >= 0.3 is 0 Å². The van der Waals surface area contributed by atoms with Crippen LogP contribution in [0.1, 0.15) is 12.0 Å². The number of carbonyl (C=O) groups excluding carboxylic acids is 2. The van der Waals surface area contributed by atoms with Crippen LogP contribution in [0.4, 0.5) is 15.8 Å². The molecule has 0 aromatic heterocycles. The first-order valence-corrected chi connectivity index (χ1v) is 8.00. The van der Waals surface area contributed by atoms with E-state index in [2.05, 4.69) is 5.32 Å². The Labute approximate surface area is 145 Å². The number of hydrogen-bond acceptors (Lipinski definition) is 3. The van der Waals surface area contributed by atoms with E-state index in [9.17, 15) is 14.0 Å². The number of nitrogens with one attached hydrogen (secondary N) is 1. The number of benzene rings is 2. The lowest BCUT2D eigenvalue weighted by molar-refractivity contribution is -0.122. The highest BCUT2D eigenvalue weighted by molar-refractivity contribution is 6.04. The number of hydrogen-bond donors (Lipinski definition) is 1. The number of para-hydroxylation sites is 1. The molecule has 2 aromatic rings. The molecule has 130 valence electrons. The summed E-state index contributed by atoms with van der Waals surface area (Å²) in [5.74, 6) is -1.01. The van der Waals surface area contributed by atoms with E-state index in [1.54, 1.807) is 18.2 Å². The Hall–Kier alpha value is -2.89. The van der Waals surface area contributed by atoms with Gasteiger partial charge in [-0.25, -0.2) is 4.39 Å². The van der Waals surface area contributed by atoms with Gasteiger partial charge in [-0.2, -0.15) is 0 Å². The highest BCUT2D eigenvalue weighted by Gasteiger charge is 2.36. The van der Waals surface area contributed by atoms with Gasteiger partial charge in [-0.3, -0.25) is 9.59 Å². The standard InChI is InChI=1S/C19H19FN2O3/c1-12-7-8-17(25-2)15(9-12)21-19(24)13-10-18(23)22(11-13)16-6-4-3-5-14(16)20/h3-9,13H,10-11H2,1-2H3,(H,21,24)/t13-/m1/s1. The van der Waals surface area contributed by atoms with Crippen LogP contribution in [0.5, 0.6) is 5.75 Å². The number of nitrogens with zero attached hydrogens (tertiary/aromatic N) is 1. The number of halogens is 1. The fourth-order valence-corrected chi connectivity index (χ4v) is 2.94. The van der Waals surface area contributed by atoms with E-state index in [-0.39, 0.29) is 30.5 Å². The smallest absolute Gasteiger partial charge is 0.229 e. The Balaban J connectivity index is 1.75. The first-order chi connectivity index (χ1) is 12.0. The molecular formula is C19H19FN2O3. The van der Waals surface area contributed by atoms with Gasteiger partial charge in [-0.15, -0.1) is 0 Å². The maximum atomic E-state index is 13.9. The highest BCUT2D eigenvalue weighted by atomic mass is 19.1. The van der Waals surface area contributed by atoms with Gasteiger partial charge in [0.25, 0.3) is 0 Å². The van der Waals surface area contributed by atoms with Gasteiger partial charge in [0.15, 0.2) is 0 Å². The number of amides is 2. The molecule has 1 fully saturated rings. The molecule has 1 atom stereocenters. The summed E-state index contributed by atoms with van der Waals surface area (Å²) in [5, 5.41) is 2.81. The topological polar surface area (TPSA) is 58.6 Å². The van der Waals surface area contributed by atoms with E-state index in [1.165, 1.54) is 24.1 Å². The molecule has 1 heterocycles. The molecule has 0 saturated carbocycles. The van der Waals surface area contributed by atoms with Crippen LogP contribution < -0.4 is 15.0 Å². The summed E-state index contributed by atoms with van der Waals surface area (Å²) >= 11 is 0. The molecule has 0 aliphatic carbocycles. The number of anilines is 2. The van der Waals surface area contributed by atoms with Crippen molar-refractivity contribution >= 4 is 23.2 Å². The van der Waals surface area contributed by atoms with Crippen LogP contribution in [0.2, 0.25) is 0 Å². The lowest BCUT2D eigenvalue weighted by atomic mass is 10.1. The Morgan fingerprint density at radius 3 is 2.76 bits per heavy atom. The molecule has 0 radical (unpaired) electrons. The summed E-state index contributed by atoms with van der Waals surface area (Å²) in [6.07, 6.45) is 0.0499. The van der Waals surface area contributed by atoms with E-state index in [1.807, 2.05) is 19.1 Å². The predicted molar refractivity (Wildman–Crippen MR) is 93.2 cm³/mol. The van der Waals surface area contributed by atoms with Gasteiger partial charge in [0.2, 0.25) is 11.8 Å². The maximum absolute atomic E-state index is 13.9. The summed E-state index contributed by atoms with van der Waals surface area (Å²) in [7, 11) is 1.53. The molecule has 6 heteroatoms. The minimum Gasteiger partial charge on any atom is -0.495 e. The number of aryl methyl sites for hydroxylation is 1. The van der Waals surface area contributed by atoms with Crippen molar-refractivity contribution < 1.29 is 18.7 Å². The SMILES string of the molecule is COc1ccc(C)cc1NC(=O)[C@@H]1CC(=O)N(c2ccccc2F)C1. The largest absolute Gasteiger partial charge is 0.495 e. The first-order valence-electron chi connectivity index (χ1n) is 8.00. The second kappa shape index (κ2) is 6.93. The number of carbonyl (C=O) groups is 2. The van der Waals surface area contributed by atoms with E-state index in [4.69, 9.17) is 4.74 Å². The summed E-state index contributed by atoms with van der Waals surface area (Å²) in [6.45, 7) is 2.06. The van der Waals surface area contributed by atoms with Crippen molar-refractivity contribution in [2.24, 2.45) is 5.92 Å². The van der Waals surface area contributed by atoms with Gasteiger partial charge < -0.3 is 15.0 Å². The Kier molecular flexibility index (Phi) is 4.70. The third-order valence-electron chi connectivity index (χ3n) is 4.25. The molecule has 1 N–H and O–H groups in total. The zero-order valence-corrected chi connectivity index (χ0v) is 14.1. The minimum absolute atomic E-state index is 0.0499. The molecule has 0 unspecified atom stereocenters. The third kappa shape index (κ3) is 3.47. The zero-order valence-electron chi connectivity index (χ0n) is 14.1. The summed E-state index contributed by atoms with van der Waals surface area (Å²) in [6, 6.07) is 11.5. The molecule has 25 heavy (non-hydrogen) atoms. The van der Waals surface area contributed by atoms with Gasteiger partial charge in [0.1, 0.15) is 11.6 Å². The van der Waals surface area contributed by atoms with Crippen LogP contribution in [-0.4, -0.2) is 25.5 Å². The lowest BCUT2D eigenvalue weighted by Crippen LogP contribution is -2.28. The maximum Gasteiger partial charge on any atom is 0.229 e. The Morgan fingerprint density at radius 2 is 2.04 bits per heavy atom. The summed E-state index contributed by atoms with van der Waals surface area (Å²) in [4.78, 5) is 26.1. The lowest BCUT2D eigenvalue weighted by Gasteiger charge is -2.17. The van der Waals surface area contributed by atoms with Crippen molar-refractivity contribution in [3.63, 3.8) is 0 Å². The van der Waals surface area contributed by atoms with Crippen LogP contribution in [-0.2, 0) is 9.59 Å². The molecule has 0 spiro atoms. The second-order valence-electron chi connectivity index (χ2n) is 6.05. The van der Waals surface area contributed by atoms with Crippen molar-refractivity contribution in [1.29, 1.82) is 0 Å². The zero-order chi connectivity index (χ0) is 18.0. The average Bonchev–Trinajstić information content (AvgIpc) is 2.97. The van der Waals surface area contributed by atoms with E-state index < -0.39 is 11.7 Å².